The summed E-state index contributed by atoms with van der Waals surface area (Å²) in [5.41, 5.74) is -8.03. The highest BCUT2D eigenvalue weighted by Crippen LogP contribution is 2.64. The number of aromatic nitrogens is 1. The Hall–Kier alpha value is -4.41. The summed E-state index contributed by atoms with van der Waals surface area (Å²) in [6.45, 7) is 12.1. The predicted molar refractivity (Wildman–Crippen MR) is 201 cm³/mol. The van der Waals surface area contributed by atoms with Crippen molar-refractivity contribution in [1.29, 1.82) is 0 Å². The van der Waals surface area contributed by atoms with Crippen molar-refractivity contribution >= 4 is 29.6 Å². The smallest absolute Gasteiger partial charge is 0.338 e. The van der Waals surface area contributed by atoms with E-state index < -0.39 is 112 Å². The van der Waals surface area contributed by atoms with E-state index in [0.717, 1.165) is 6.92 Å². The van der Waals surface area contributed by atoms with Crippen LogP contribution < -0.4 is 5.32 Å². The van der Waals surface area contributed by atoms with Gasteiger partial charge in [0.1, 0.15) is 35.7 Å². The van der Waals surface area contributed by atoms with E-state index in [4.69, 9.17) is 18.9 Å². The van der Waals surface area contributed by atoms with E-state index in [-0.39, 0.29) is 35.4 Å². The third-order valence-electron chi connectivity index (χ3n) is 13.1. The number of fused-ring (bicyclic) bond motifs is 5. The molecule has 310 valence electrons. The van der Waals surface area contributed by atoms with Gasteiger partial charge < -0.3 is 49.3 Å². The van der Waals surface area contributed by atoms with Crippen molar-refractivity contribution in [3.8, 4) is 0 Å². The number of carbonyl (C=O) groups excluding carboxylic acids is 5. The molecule has 1 aliphatic heterocycles. The molecule has 2 saturated carbocycles. The second-order valence-electron chi connectivity index (χ2n) is 17.9. The van der Waals surface area contributed by atoms with Crippen molar-refractivity contribution in [1.82, 2.24) is 9.88 Å². The first-order chi connectivity index (χ1) is 26.4. The Morgan fingerprint density at radius 3 is 2.21 bits per heavy atom. The van der Waals surface area contributed by atoms with Crippen molar-refractivity contribution < 1.29 is 63.3 Å². The van der Waals surface area contributed by atoms with E-state index >= 15 is 0 Å². The number of aliphatic hydroxyl groups excluding tert-OH is 3. The van der Waals surface area contributed by atoms with E-state index in [1.54, 1.807) is 82.8 Å². The maximum atomic E-state index is 14.9. The highest BCUT2D eigenvalue weighted by Gasteiger charge is 2.78. The summed E-state index contributed by atoms with van der Waals surface area (Å²) in [5, 5.41) is 51.7. The Morgan fingerprint density at radius 2 is 1.67 bits per heavy atom. The van der Waals surface area contributed by atoms with Gasteiger partial charge in [0.15, 0.2) is 17.5 Å². The van der Waals surface area contributed by atoms with Gasteiger partial charge in [0, 0.05) is 38.4 Å². The molecule has 15 nitrogen and oxygen atoms in total. The zero-order chi connectivity index (χ0) is 42.2. The Bertz CT molecular complexity index is 1980. The third kappa shape index (κ3) is 6.61. The van der Waals surface area contributed by atoms with Crippen LogP contribution in [0.2, 0.25) is 0 Å². The van der Waals surface area contributed by atoms with E-state index in [0.29, 0.717) is 0 Å². The molecule has 1 amide bonds. The fourth-order valence-electron chi connectivity index (χ4n) is 9.80. The number of benzene rings is 1. The topological polar surface area (TPSA) is 220 Å². The number of nitrogens with zero attached hydrogens (tertiary/aromatic N) is 1. The second-order valence-corrected chi connectivity index (χ2v) is 17.9. The number of nitrogens with one attached hydrogen (secondary N) is 1. The van der Waals surface area contributed by atoms with Crippen molar-refractivity contribution in [2.75, 3.05) is 6.61 Å². The minimum Gasteiger partial charge on any atom is -0.456 e. The number of amides is 1. The van der Waals surface area contributed by atoms with Gasteiger partial charge >= 0.3 is 17.9 Å². The summed E-state index contributed by atoms with van der Waals surface area (Å²) >= 11 is 0. The number of esters is 3. The van der Waals surface area contributed by atoms with Crippen LogP contribution in [-0.4, -0.2) is 115 Å². The van der Waals surface area contributed by atoms with Crippen LogP contribution in [0.25, 0.3) is 0 Å². The number of ether oxygens (including phenoxy) is 4. The Morgan fingerprint density at radius 1 is 1.02 bits per heavy atom. The number of hydrogen-bond acceptors (Lipinski definition) is 13. The normalized spacial score (nSPS) is 34.2. The molecule has 15 heteroatoms. The molecule has 5 N–H and O–H groups in total. The number of rotatable bonds is 8. The lowest BCUT2D eigenvalue weighted by molar-refractivity contribution is -0.346. The average Bonchev–Trinajstić information content (AvgIpc) is 3.57. The van der Waals surface area contributed by atoms with E-state index in [9.17, 15) is 44.4 Å². The van der Waals surface area contributed by atoms with Crippen LogP contribution in [0.1, 0.15) is 89.1 Å². The van der Waals surface area contributed by atoms with Gasteiger partial charge in [-0.15, -0.1) is 0 Å². The van der Waals surface area contributed by atoms with Crippen LogP contribution in [0.15, 0.2) is 59.8 Å². The Kier molecular flexibility index (Phi) is 10.7. The maximum Gasteiger partial charge on any atom is 0.338 e. The Balaban J connectivity index is 1.48. The molecule has 2 heterocycles. The lowest BCUT2D eigenvalue weighted by Crippen LogP contribution is -2.81. The minimum absolute atomic E-state index is 0.0425. The fraction of sp³-hybridized carbons (Fsp3) is 0.595. The molecule has 3 aliphatic carbocycles. The molecule has 4 aliphatic rings. The molecular weight excluding hydrogens is 740 g/mol. The lowest BCUT2D eigenvalue weighted by Gasteiger charge is -2.67. The molecule has 6 rings (SSSR count). The molecule has 2 bridgehead atoms. The largest absolute Gasteiger partial charge is 0.456 e. The van der Waals surface area contributed by atoms with Crippen molar-refractivity contribution in [3.05, 3.63) is 71.1 Å². The average molecular weight is 795 g/mol. The number of ketones is 1. The fourth-order valence-corrected chi connectivity index (χ4v) is 9.80. The zero-order valence-electron chi connectivity index (χ0n) is 33.8. The first kappa shape index (κ1) is 42.2. The lowest BCUT2D eigenvalue weighted by atomic mass is 9.44. The third-order valence-corrected chi connectivity index (χ3v) is 13.1. The van der Waals surface area contributed by atoms with Crippen LogP contribution in [0.4, 0.5) is 0 Å². The van der Waals surface area contributed by atoms with Gasteiger partial charge in [-0.25, -0.2) is 9.59 Å². The number of aryl methyl sites for hydroxylation is 1. The van der Waals surface area contributed by atoms with Crippen LogP contribution in [0, 0.1) is 22.2 Å². The van der Waals surface area contributed by atoms with E-state index in [1.165, 1.54) is 26.0 Å². The van der Waals surface area contributed by atoms with Crippen molar-refractivity contribution in [3.63, 3.8) is 0 Å². The quantitative estimate of drug-likeness (QED) is 0.147. The minimum atomic E-state index is -2.33. The van der Waals surface area contributed by atoms with E-state index in [2.05, 4.69) is 5.32 Å². The molecule has 57 heavy (non-hydrogen) atoms. The molecular formula is C42H54N2O13. The van der Waals surface area contributed by atoms with E-state index in [1.807, 2.05) is 0 Å². The van der Waals surface area contributed by atoms with Gasteiger partial charge in [-0.05, 0) is 54.7 Å². The molecule has 11 atom stereocenters. The monoisotopic (exact) mass is 794 g/mol. The van der Waals surface area contributed by atoms with Crippen LogP contribution in [0.5, 0.6) is 0 Å². The summed E-state index contributed by atoms with van der Waals surface area (Å²) < 4.78 is 25.7. The van der Waals surface area contributed by atoms with Gasteiger partial charge in [-0.1, -0.05) is 52.8 Å². The molecule has 2 aromatic rings. The van der Waals surface area contributed by atoms with Crippen LogP contribution >= 0.6 is 0 Å². The van der Waals surface area contributed by atoms with Crippen LogP contribution in [0.3, 0.4) is 0 Å². The van der Waals surface area contributed by atoms with Gasteiger partial charge in [0.05, 0.1) is 35.6 Å². The molecule has 1 aromatic heterocycles. The maximum absolute atomic E-state index is 14.9. The van der Waals surface area contributed by atoms with Crippen molar-refractivity contribution in [2.24, 2.45) is 29.2 Å². The first-order valence-electron chi connectivity index (χ1n) is 19.2. The highest BCUT2D eigenvalue weighted by atomic mass is 16.6. The summed E-state index contributed by atoms with van der Waals surface area (Å²) in [7, 11) is 1.67. The standard InChI is InChI=1S/C42H54N2O13/c1-21-25(55-37(52)30(48)32(38(3,4)5)43-35(50)24-16-13-17-44(24)9)19-42(53)34(56-36(51)23-14-11-10-12-15-23)31-40(8,33(49)29(47)28(21)39(42,6)7)26(46)18-27-41(31,20-54-27)57-22(2)45/h10-17,25-27,29-32,34,46-48,53H,18-20H2,1-9H3,(H,43,50)/t25-,26-,27?,29+,30+,31-,32+,34-,40+,41-,42+/m0/s1. The number of Topliss-reactive ketones (excluding diaryl/α,β-unsaturated/α-hetero) is 1. The predicted octanol–water partition coefficient (Wildman–Crippen LogP) is 2.18. The van der Waals surface area contributed by atoms with Crippen molar-refractivity contribution in [2.45, 2.75) is 122 Å². The van der Waals surface area contributed by atoms with Gasteiger partial charge in [-0.3, -0.25) is 14.4 Å². The summed E-state index contributed by atoms with van der Waals surface area (Å²) in [5.74, 6) is -5.80. The molecule has 1 aromatic carbocycles. The second kappa shape index (κ2) is 14.5. The van der Waals surface area contributed by atoms with Gasteiger partial charge in [-0.2, -0.15) is 0 Å². The SMILES string of the molecule is CC(=O)O[C@@]12COC1C[C@H](O)[C@@]1(C)C(=O)[C@H](O)C3=C(C)[C@@H](OC(=O)[C@H](O)[C@@H](NC(=O)c4cccn4C)C(C)(C)C)C[C@@](O)([C@@H](OC(=O)c4ccccc4)[C@@H]12)C3(C)C. The summed E-state index contributed by atoms with van der Waals surface area (Å²) in [4.78, 5) is 69.2. The van der Waals surface area contributed by atoms with Crippen LogP contribution in [-0.2, 0) is 40.4 Å². The first-order valence-corrected chi connectivity index (χ1v) is 19.2. The summed E-state index contributed by atoms with van der Waals surface area (Å²) in [6.07, 6.45) is -8.64. The molecule has 1 unspecified atom stereocenters. The molecule has 1 saturated heterocycles. The zero-order valence-corrected chi connectivity index (χ0v) is 33.8. The summed E-state index contributed by atoms with van der Waals surface area (Å²) in [6, 6.07) is 9.97. The number of carbonyl (C=O) groups is 5. The highest BCUT2D eigenvalue weighted by molar-refractivity contribution is 5.95. The molecule has 0 spiro atoms. The van der Waals surface area contributed by atoms with Gasteiger partial charge in [0.25, 0.3) is 5.91 Å². The number of aliphatic hydroxyl groups is 4. The van der Waals surface area contributed by atoms with Gasteiger partial charge in [0.2, 0.25) is 0 Å². The molecule has 3 fully saturated rings. The Labute approximate surface area is 331 Å². The molecule has 0 radical (unpaired) electrons. The number of hydrogen-bond donors (Lipinski definition) is 5.